The maximum Gasteiger partial charge on any atom is 0.0815 e. The largest absolute Gasteiger partial charge is 0.330 e. The molecule has 0 aliphatic heterocycles. The summed E-state index contributed by atoms with van der Waals surface area (Å²) in [4.78, 5) is 4.29. The molecule has 1 aromatic heterocycles. The van der Waals surface area contributed by atoms with E-state index in [0.717, 1.165) is 24.9 Å². The van der Waals surface area contributed by atoms with Gasteiger partial charge in [-0.3, -0.25) is 0 Å². The molecular weight excluding hydrogens is 260 g/mol. The van der Waals surface area contributed by atoms with Gasteiger partial charge in [0.15, 0.2) is 0 Å². The minimum Gasteiger partial charge on any atom is -0.330 e. The Balaban J connectivity index is 2.38. The molecule has 2 aromatic rings. The highest BCUT2D eigenvalue weighted by Gasteiger charge is 2.04. The summed E-state index contributed by atoms with van der Waals surface area (Å²) >= 11 is 5.24. The topological polar surface area (TPSA) is 38.9 Å². The lowest BCUT2D eigenvalue weighted by molar-refractivity contribution is 0.831. The molecule has 0 amide bonds. The second-order valence-electron chi connectivity index (χ2n) is 3.16. The van der Waals surface area contributed by atoms with E-state index in [4.69, 9.17) is 5.73 Å². The molecule has 4 heteroatoms. The van der Waals surface area contributed by atoms with Gasteiger partial charge in [-0.1, -0.05) is 15.9 Å². The average molecular weight is 271 g/mol. The summed E-state index contributed by atoms with van der Waals surface area (Å²) in [5, 5.41) is 0. The number of thiazole rings is 1. The van der Waals surface area contributed by atoms with Crippen molar-refractivity contribution in [1.82, 2.24) is 4.98 Å². The Morgan fingerprint density at radius 1 is 1.43 bits per heavy atom. The maximum atomic E-state index is 5.49. The highest BCUT2D eigenvalue weighted by atomic mass is 79.9. The third-order valence-corrected chi connectivity index (χ3v) is 3.68. The fourth-order valence-electron chi connectivity index (χ4n) is 1.41. The molecule has 0 bridgehead atoms. The summed E-state index contributed by atoms with van der Waals surface area (Å²) in [5.74, 6) is 0. The molecule has 1 aromatic carbocycles. The summed E-state index contributed by atoms with van der Waals surface area (Å²) in [7, 11) is 0. The third-order valence-electron chi connectivity index (χ3n) is 2.15. The lowest BCUT2D eigenvalue weighted by Crippen LogP contribution is -2.00. The minimum atomic E-state index is 0.738. The molecule has 0 saturated carbocycles. The molecule has 2 nitrogen and oxygen atoms in total. The number of aromatic nitrogens is 1. The first-order valence-corrected chi connectivity index (χ1v) is 6.20. The molecule has 0 saturated heterocycles. The van der Waals surface area contributed by atoms with Crippen molar-refractivity contribution in [2.45, 2.75) is 12.8 Å². The van der Waals surface area contributed by atoms with Crippen LogP contribution in [0, 0.1) is 0 Å². The van der Waals surface area contributed by atoms with Gasteiger partial charge in [0.1, 0.15) is 0 Å². The Morgan fingerprint density at radius 3 is 3.07 bits per heavy atom. The Bertz CT molecular complexity index is 439. The lowest BCUT2D eigenvalue weighted by Gasteiger charge is -2.02. The number of hydrogen-bond donors (Lipinski definition) is 1. The molecule has 0 fully saturated rings. The Morgan fingerprint density at radius 2 is 2.29 bits per heavy atom. The predicted octanol–water partition coefficient (Wildman–Crippen LogP) is 2.95. The molecule has 0 aliphatic carbocycles. The molecule has 1 heterocycles. The van der Waals surface area contributed by atoms with Gasteiger partial charge in [0.25, 0.3) is 0 Å². The number of hydrogen-bond acceptors (Lipinski definition) is 3. The maximum absolute atomic E-state index is 5.49. The molecule has 0 atom stereocenters. The first-order valence-electron chi connectivity index (χ1n) is 4.53. The van der Waals surface area contributed by atoms with E-state index in [2.05, 4.69) is 33.0 Å². The lowest BCUT2D eigenvalue weighted by atomic mass is 10.1. The van der Waals surface area contributed by atoms with E-state index in [1.54, 1.807) is 11.3 Å². The van der Waals surface area contributed by atoms with E-state index in [1.165, 1.54) is 14.7 Å². The van der Waals surface area contributed by atoms with Crippen molar-refractivity contribution < 1.29 is 0 Å². The first-order chi connectivity index (χ1) is 6.81. The van der Waals surface area contributed by atoms with Gasteiger partial charge >= 0.3 is 0 Å². The second kappa shape index (κ2) is 4.38. The van der Waals surface area contributed by atoms with E-state index >= 15 is 0 Å². The number of nitrogens with zero attached hydrogens (tertiary/aromatic N) is 1. The molecule has 2 N–H and O–H groups in total. The zero-order valence-corrected chi connectivity index (χ0v) is 10.1. The summed E-state index contributed by atoms with van der Waals surface area (Å²) in [5.41, 5.74) is 9.76. The van der Waals surface area contributed by atoms with Gasteiger partial charge in [-0.25, -0.2) is 4.98 Å². The van der Waals surface area contributed by atoms with Crippen LogP contribution in [0.15, 0.2) is 22.1 Å². The molecule has 0 radical (unpaired) electrons. The van der Waals surface area contributed by atoms with Gasteiger partial charge in [-0.2, -0.15) is 0 Å². The molecule has 2 rings (SSSR count). The number of rotatable bonds is 3. The number of benzene rings is 1. The van der Waals surface area contributed by atoms with Gasteiger partial charge in [0, 0.05) is 4.47 Å². The van der Waals surface area contributed by atoms with Gasteiger partial charge < -0.3 is 5.73 Å². The summed E-state index contributed by atoms with van der Waals surface area (Å²) in [6.07, 6.45) is 2.04. The zero-order valence-electron chi connectivity index (χ0n) is 7.66. The zero-order chi connectivity index (χ0) is 9.97. The van der Waals surface area contributed by atoms with E-state index in [0.29, 0.717) is 0 Å². The molecule has 74 valence electrons. The molecule has 14 heavy (non-hydrogen) atoms. The first kappa shape index (κ1) is 10.1. The fraction of sp³-hybridized carbons (Fsp3) is 0.300. The predicted molar refractivity (Wildman–Crippen MR) is 64.7 cm³/mol. The van der Waals surface area contributed by atoms with Crippen LogP contribution in [0.3, 0.4) is 0 Å². The van der Waals surface area contributed by atoms with Crippen LogP contribution >= 0.6 is 27.3 Å². The van der Waals surface area contributed by atoms with Gasteiger partial charge in [0.05, 0.1) is 15.7 Å². The van der Waals surface area contributed by atoms with Crippen LogP contribution in [0.2, 0.25) is 0 Å². The van der Waals surface area contributed by atoms with E-state index in [1.807, 2.05) is 5.51 Å². The van der Waals surface area contributed by atoms with Crippen LogP contribution in [0.1, 0.15) is 12.0 Å². The van der Waals surface area contributed by atoms with Crippen LogP contribution in [0.4, 0.5) is 0 Å². The van der Waals surface area contributed by atoms with Crippen molar-refractivity contribution in [3.05, 3.63) is 27.7 Å². The van der Waals surface area contributed by atoms with Crippen molar-refractivity contribution in [2.75, 3.05) is 6.54 Å². The summed E-state index contributed by atoms with van der Waals surface area (Å²) < 4.78 is 2.40. The van der Waals surface area contributed by atoms with Crippen LogP contribution in [0.25, 0.3) is 10.2 Å². The van der Waals surface area contributed by atoms with Crippen molar-refractivity contribution >= 4 is 37.5 Å². The molecular formula is C10H11BrN2S. The summed E-state index contributed by atoms with van der Waals surface area (Å²) in [6.45, 7) is 0.738. The third kappa shape index (κ3) is 1.97. The van der Waals surface area contributed by atoms with Crippen LogP contribution in [-0.2, 0) is 6.42 Å². The number of aryl methyl sites for hydroxylation is 1. The highest BCUT2D eigenvalue weighted by molar-refractivity contribution is 9.10. The quantitative estimate of drug-likeness (QED) is 0.932. The van der Waals surface area contributed by atoms with Gasteiger partial charge in [-0.05, 0) is 37.1 Å². The van der Waals surface area contributed by atoms with Gasteiger partial charge in [-0.15, -0.1) is 11.3 Å². The van der Waals surface area contributed by atoms with E-state index in [9.17, 15) is 0 Å². The molecule has 0 spiro atoms. The monoisotopic (exact) mass is 270 g/mol. The van der Waals surface area contributed by atoms with Crippen molar-refractivity contribution in [3.63, 3.8) is 0 Å². The van der Waals surface area contributed by atoms with Crippen molar-refractivity contribution in [1.29, 1.82) is 0 Å². The fourth-order valence-corrected chi connectivity index (χ4v) is 2.80. The average Bonchev–Trinajstić information content (AvgIpc) is 2.61. The smallest absolute Gasteiger partial charge is 0.0815 e. The number of nitrogens with two attached hydrogens (primary N) is 1. The standard InChI is InChI=1S/C10H11BrN2S/c11-8-5-10-9(13-6-14-10)4-7(8)2-1-3-12/h4-6H,1-3,12H2. The normalized spacial score (nSPS) is 11.0. The highest BCUT2D eigenvalue weighted by Crippen LogP contribution is 2.27. The number of fused-ring (bicyclic) bond motifs is 1. The van der Waals surface area contributed by atoms with Crippen LogP contribution < -0.4 is 5.73 Å². The van der Waals surface area contributed by atoms with Gasteiger partial charge in [0.2, 0.25) is 0 Å². The minimum absolute atomic E-state index is 0.738. The van der Waals surface area contributed by atoms with Crippen LogP contribution in [-0.4, -0.2) is 11.5 Å². The number of halogens is 1. The van der Waals surface area contributed by atoms with E-state index < -0.39 is 0 Å². The van der Waals surface area contributed by atoms with Crippen LogP contribution in [0.5, 0.6) is 0 Å². The summed E-state index contributed by atoms with van der Waals surface area (Å²) in [6, 6.07) is 4.28. The molecule has 0 unspecified atom stereocenters. The second-order valence-corrected chi connectivity index (χ2v) is 4.90. The van der Waals surface area contributed by atoms with E-state index in [-0.39, 0.29) is 0 Å². The Labute approximate surface area is 95.3 Å². The van der Waals surface area contributed by atoms with Crippen molar-refractivity contribution in [2.24, 2.45) is 5.73 Å². The van der Waals surface area contributed by atoms with Crippen molar-refractivity contribution in [3.8, 4) is 0 Å². The molecule has 0 aliphatic rings. The SMILES string of the molecule is NCCCc1cc2ncsc2cc1Br. The Kier molecular flexibility index (Phi) is 3.15. The Hall–Kier alpha value is -0.450.